The number of fused-ring (bicyclic) bond motifs is 4. The second-order valence-corrected chi connectivity index (χ2v) is 14.2. The van der Waals surface area contributed by atoms with E-state index in [-0.39, 0.29) is 35.6 Å². The van der Waals surface area contributed by atoms with Crippen LogP contribution in [0.15, 0.2) is 84.4 Å². The summed E-state index contributed by atoms with van der Waals surface area (Å²) in [5.74, 6) is -4.24. The molecule has 4 amide bonds. The van der Waals surface area contributed by atoms with Crippen LogP contribution in [0.2, 0.25) is 0 Å². The molecular weight excluding hydrogens is 594 g/mol. The minimum absolute atomic E-state index is 0.0551. The number of phenolic OH excluding ortho intramolecular Hbond substituents is 1. The van der Waals surface area contributed by atoms with E-state index in [0.717, 1.165) is 16.1 Å². The molecule has 2 N–H and O–H groups in total. The molecule has 0 aromatic heterocycles. The van der Waals surface area contributed by atoms with Gasteiger partial charge in [-0.25, -0.2) is 0 Å². The molecule has 6 unspecified atom stereocenters. The summed E-state index contributed by atoms with van der Waals surface area (Å²) in [4.78, 5) is 59.2. The number of anilines is 1. The van der Waals surface area contributed by atoms with E-state index in [2.05, 4.69) is 5.43 Å². The van der Waals surface area contributed by atoms with Crippen molar-refractivity contribution < 1.29 is 29.0 Å². The van der Waals surface area contributed by atoms with Gasteiger partial charge in [0, 0.05) is 11.5 Å². The number of nitrogens with zero attached hydrogens (tertiary/aromatic N) is 2. The molecule has 2 aliphatic carbocycles. The summed E-state index contributed by atoms with van der Waals surface area (Å²) < 4.78 is 5.52. The number of phenols is 1. The molecule has 3 aromatic rings. The number of allylic oxidation sites excluding steroid dienone is 2. The Morgan fingerprint density at radius 2 is 1.60 bits per heavy atom. The lowest BCUT2D eigenvalue weighted by molar-refractivity contribution is -0.146. The molecule has 6 atom stereocenters. The molecular formula is C38H39N3O6. The number of carbonyl (C=O) groups is 4. The third-order valence-corrected chi connectivity index (χ3v) is 10.6. The maximum Gasteiger partial charge on any atom is 0.260 e. The standard InChI is InChI=1S/C38H39N3O6/c1-21-11-14-24(15-12-21)39-41-34(44)28-20-27-25(16-17-26-31(27)35(45)40(33(26)43)37(2,3)4)32(22-13-18-29(42)30(19-22)47-5)38(28,36(41)46)23-9-7-6-8-10-23/h6-16,18-19,26-28,31-32,39,42H,17,20H2,1-5H3. The van der Waals surface area contributed by atoms with Gasteiger partial charge in [-0.15, -0.1) is 0 Å². The van der Waals surface area contributed by atoms with E-state index in [1.807, 2.05) is 88.4 Å². The minimum atomic E-state index is -1.39. The summed E-state index contributed by atoms with van der Waals surface area (Å²) in [7, 11) is 1.46. The van der Waals surface area contributed by atoms with Gasteiger partial charge in [0.25, 0.3) is 11.8 Å². The number of nitrogens with one attached hydrogen (secondary N) is 1. The van der Waals surface area contributed by atoms with E-state index in [9.17, 15) is 19.5 Å². The van der Waals surface area contributed by atoms with Crippen LogP contribution in [-0.2, 0) is 24.6 Å². The second kappa shape index (κ2) is 10.8. The summed E-state index contributed by atoms with van der Waals surface area (Å²) in [5, 5.41) is 11.7. The van der Waals surface area contributed by atoms with Gasteiger partial charge in [-0.3, -0.25) is 29.5 Å². The van der Waals surface area contributed by atoms with Crippen molar-refractivity contribution in [1.82, 2.24) is 9.91 Å². The number of aromatic hydroxyl groups is 1. The zero-order valence-electron chi connectivity index (χ0n) is 27.2. The number of amides is 4. The zero-order valence-corrected chi connectivity index (χ0v) is 27.2. The molecule has 242 valence electrons. The lowest BCUT2D eigenvalue weighted by Gasteiger charge is -2.50. The number of carbonyl (C=O) groups excluding carboxylic acids is 4. The highest BCUT2D eigenvalue weighted by atomic mass is 16.5. The number of hydrogen-bond donors (Lipinski definition) is 2. The van der Waals surface area contributed by atoms with Crippen LogP contribution in [0.5, 0.6) is 11.5 Å². The monoisotopic (exact) mass is 633 g/mol. The largest absolute Gasteiger partial charge is 0.504 e. The van der Waals surface area contributed by atoms with Crippen molar-refractivity contribution in [3.8, 4) is 11.5 Å². The van der Waals surface area contributed by atoms with Crippen LogP contribution in [0.25, 0.3) is 0 Å². The van der Waals surface area contributed by atoms with E-state index in [4.69, 9.17) is 4.74 Å². The van der Waals surface area contributed by atoms with E-state index in [1.54, 1.807) is 12.1 Å². The smallest absolute Gasteiger partial charge is 0.260 e. The Morgan fingerprint density at radius 3 is 2.26 bits per heavy atom. The molecule has 0 bridgehead atoms. The quantitative estimate of drug-likeness (QED) is 0.282. The molecule has 0 spiro atoms. The molecule has 2 aliphatic heterocycles. The van der Waals surface area contributed by atoms with E-state index >= 15 is 4.79 Å². The van der Waals surface area contributed by atoms with Crippen LogP contribution < -0.4 is 10.2 Å². The zero-order chi connectivity index (χ0) is 33.4. The van der Waals surface area contributed by atoms with Crippen molar-refractivity contribution >= 4 is 29.3 Å². The van der Waals surface area contributed by atoms with Gasteiger partial charge in [0.1, 0.15) is 0 Å². The third-order valence-electron chi connectivity index (χ3n) is 10.6. The van der Waals surface area contributed by atoms with Crippen molar-refractivity contribution in [2.75, 3.05) is 12.5 Å². The number of hydrogen-bond acceptors (Lipinski definition) is 7. The first kappa shape index (κ1) is 30.7. The van der Waals surface area contributed by atoms with Crippen molar-refractivity contribution in [3.05, 3.63) is 101 Å². The summed E-state index contributed by atoms with van der Waals surface area (Å²) >= 11 is 0. The summed E-state index contributed by atoms with van der Waals surface area (Å²) in [6, 6.07) is 21.8. The van der Waals surface area contributed by atoms with E-state index < -0.39 is 46.5 Å². The molecule has 0 radical (unpaired) electrons. The Balaban J connectivity index is 1.46. The molecule has 7 rings (SSSR count). The van der Waals surface area contributed by atoms with E-state index in [0.29, 0.717) is 23.2 Å². The Hall–Kier alpha value is -4.92. The summed E-state index contributed by atoms with van der Waals surface area (Å²) in [6.45, 7) is 7.53. The molecule has 2 saturated heterocycles. The van der Waals surface area contributed by atoms with Crippen LogP contribution >= 0.6 is 0 Å². The Kier molecular flexibility index (Phi) is 7.07. The highest BCUT2D eigenvalue weighted by Crippen LogP contribution is 2.64. The first-order valence-electron chi connectivity index (χ1n) is 16.1. The number of rotatable bonds is 5. The molecule has 47 heavy (non-hydrogen) atoms. The normalized spacial score (nSPS) is 28.5. The predicted molar refractivity (Wildman–Crippen MR) is 175 cm³/mol. The van der Waals surface area contributed by atoms with Crippen LogP contribution in [0.4, 0.5) is 5.69 Å². The topological polar surface area (TPSA) is 116 Å². The van der Waals surface area contributed by atoms with Gasteiger partial charge in [-0.1, -0.05) is 65.7 Å². The molecule has 4 aliphatic rings. The average molecular weight is 634 g/mol. The van der Waals surface area contributed by atoms with Crippen LogP contribution in [0.1, 0.15) is 56.2 Å². The minimum Gasteiger partial charge on any atom is -0.504 e. The highest BCUT2D eigenvalue weighted by Gasteiger charge is 2.70. The fraction of sp³-hybridized carbons (Fsp3) is 0.368. The van der Waals surface area contributed by atoms with Crippen LogP contribution in [0, 0.1) is 30.6 Å². The maximum absolute atomic E-state index is 15.2. The molecule has 1 saturated carbocycles. The second-order valence-electron chi connectivity index (χ2n) is 14.2. The fourth-order valence-electron chi connectivity index (χ4n) is 8.66. The number of likely N-dealkylation sites (tertiary alicyclic amines) is 1. The van der Waals surface area contributed by atoms with Crippen LogP contribution in [0.3, 0.4) is 0 Å². The first-order chi connectivity index (χ1) is 22.4. The number of imide groups is 2. The van der Waals surface area contributed by atoms with Gasteiger partial charge in [-0.2, -0.15) is 5.01 Å². The van der Waals surface area contributed by atoms with Gasteiger partial charge in [0.2, 0.25) is 11.8 Å². The number of methoxy groups -OCH3 is 1. The molecule has 2 heterocycles. The Bertz CT molecular complexity index is 1830. The van der Waals surface area contributed by atoms with Gasteiger partial charge in [0.05, 0.1) is 36.0 Å². The van der Waals surface area contributed by atoms with Gasteiger partial charge >= 0.3 is 0 Å². The molecule has 9 heteroatoms. The average Bonchev–Trinajstić information content (AvgIpc) is 3.44. The highest BCUT2D eigenvalue weighted by molar-refractivity contribution is 6.13. The molecule has 3 aromatic carbocycles. The van der Waals surface area contributed by atoms with Crippen molar-refractivity contribution in [3.63, 3.8) is 0 Å². The first-order valence-corrected chi connectivity index (χ1v) is 16.1. The lowest BCUT2D eigenvalue weighted by atomic mass is 9.49. The van der Waals surface area contributed by atoms with Crippen LogP contribution in [-0.4, -0.2) is 51.3 Å². The molecule has 3 fully saturated rings. The predicted octanol–water partition coefficient (Wildman–Crippen LogP) is 5.49. The Morgan fingerprint density at radius 1 is 0.894 bits per heavy atom. The number of aryl methyl sites for hydroxylation is 1. The molecule has 9 nitrogen and oxygen atoms in total. The summed E-state index contributed by atoms with van der Waals surface area (Å²) in [5.41, 5.74) is 4.86. The number of benzene rings is 3. The lowest BCUT2D eigenvalue weighted by Crippen LogP contribution is -2.53. The third kappa shape index (κ3) is 4.42. The van der Waals surface area contributed by atoms with Gasteiger partial charge in [0.15, 0.2) is 11.5 Å². The van der Waals surface area contributed by atoms with E-state index in [1.165, 1.54) is 18.1 Å². The maximum atomic E-state index is 15.2. The SMILES string of the molecule is COc1cc(C2C3=CCC4C(=O)N(C(C)(C)C)C(=O)C4C3CC3C(=O)N(Nc4ccc(C)cc4)C(=O)C32c2ccccc2)ccc1O. The van der Waals surface area contributed by atoms with Crippen molar-refractivity contribution in [2.45, 2.75) is 57.4 Å². The van der Waals surface area contributed by atoms with Gasteiger partial charge < -0.3 is 9.84 Å². The van der Waals surface area contributed by atoms with Crippen molar-refractivity contribution in [2.24, 2.45) is 23.7 Å². The van der Waals surface area contributed by atoms with Crippen molar-refractivity contribution in [1.29, 1.82) is 0 Å². The number of hydrazine groups is 1. The van der Waals surface area contributed by atoms with Gasteiger partial charge in [-0.05, 0) is 81.8 Å². The summed E-state index contributed by atoms with van der Waals surface area (Å²) in [6.07, 6.45) is 2.60. The number of ether oxygens (including phenoxy) is 1. The fourth-order valence-corrected chi connectivity index (χ4v) is 8.66. The Labute approximate surface area is 274 Å².